The summed E-state index contributed by atoms with van der Waals surface area (Å²) < 4.78 is 22.1. The molecule has 0 amide bonds. The van der Waals surface area contributed by atoms with Crippen molar-refractivity contribution >= 4 is 21.9 Å². The van der Waals surface area contributed by atoms with Gasteiger partial charge in [0.1, 0.15) is 22.7 Å². The lowest BCUT2D eigenvalue weighted by Crippen LogP contribution is -2.17. The van der Waals surface area contributed by atoms with Gasteiger partial charge in [0.25, 0.3) is 0 Å². The van der Waals surface area contributed by atoms with E-state index < -0.39 is 11.3 Å². The first kappa shape index (κ1) is 17.9. The van der Waals surface area contributed by atoms with Crippen molar-refractivity contribution in [1.82, 2.24) is 0 Å². The monoisotopic (exact) mass is 378 g/mol. The maximum atomic E-state index is 11.7. The van der Waals surface area contributed by atoms with E-state index >= 15 is 0 Å². The molecule has 0 saturated carbocycles. The molecule has 0 N–H and O–H groups in total. The van der Waals surface area contributed by atoms with Gasteiger partial charge >= 0.3 is 11.3 Å². The Bertz CT molecular complexity index is 1240. The van der Waals surface area contributed by atoms with Crippen LogP contribution in [-0.2, 0) is 0 Å². The van der Waals surface area contributed by atoms with Gasteiger partial charge in [0, 0.05) is 6.42 Å². The third-order valence-electron chi connectivity index (χ3n) is 4.33. The first-order valence-electron chi connectivity index (χ1n) is 8.95. The Morgan fingerprint density at radius 2 is 1.36 bits per heavy atom. The average Bonchev–Trinajstić information content (AvgIpc) is 2.67. The van der Waals surface area contributed by atoms with Crippen molar-refractivity contribution in [1.29, 1.82) is 0 Å². The molecule has 2 heterocycles. The Kier molecular flexibility index (Phi) is 4.85. The second-order valence-corrected chi connectivity index (χ2v) is 6.42. The molecule has 4 aromatic rings. The molecular formula is C22H18O6. The molecule has 2 aromatic heterocycles. The summed E-state index contributed by atoms with van der Waals surface area (Å²) in [7, 11) is 0. The molecule has 142 valence electrons. The molecule has 0 aliphatic heterocycles. The Labute approximate surface area is 159 Å². The topological polar surface area (TPSA) is 78.9 Å². The highest BCUT2D eigenvalue weighted by Gasteiger charge is 2.12. The zero-order valence-electron chi connectivity index (χ0n) is 15.2. The summed E-state index contributed by atoms with van der Waals surface area (Å²) in [5, 5.41) is 1.48. The molecule has 1 atom stereocenters. The van der Waals surface area contributed by atoms with Gasteiger partial charge in [-0.1, -0.05) is 24.3 Å². The standard InChI is InChI=1S/C22H18O6/c1-14(26-20-13-22(24)28-18-9-5-3-7-16(18)20)10-11-25-19-12-21(23)27-17-8-4-2-6-15(17)19/h2-9,12-14H,10-11H2,1H3. The summed E-state index contributed by atoms with van der Waals surface area (Å²) in [5.41, 5.74) is 0.0489. The van der Waals surface area contributed by atoms with Crippen LogP contribution < -0.4 is 20.7 Å². The van der Waals surface area contributed by atoms with Gasteiger partial charge in [-0.05, 0) is 31.2 Å². The number of hydrogen-bond donors (Lipinski definition) is 0. The summed E-state index contributed by atoms with van der Waals surface area (Å²) in [6.07, 6.45) is 0.347. The van der Waals surface area contributed by atoms with Crippen LogP contribution in [0.3, 0.4) is 0 Å². The van der Waals surface area contributed by atoms with Crippen molar-refractivity contribution < 1.29 is 18.3 Å². The highest BCUT2D eigenvalue weighted by molar-refractivity contribution is 5.83. The van der Waals surface area contributed by atoms with Crippen LogP contribution in [0.25, 0.3) is 21.9 Å². The number of rotatable bonds is 6. The quantitative estimate of drug-likeness (QED) is 0.469. The maximum Gasteiger partial charge on any atom is 0.339 e. The average molecular weight is 378 g/mol. The van der Waals surface area contributed by atoms with E-state index in [-0.39, 0.29) is 6.10 Å². The highest BCUT2D eigenvalue weighted by atomic mass is 16.5. The first-order valence-corrected chi connectivity index (χ1v) is 8.95. The van der Waals surface area contributed by atoms with Crippen LogP contribution in [0.2, 0.25) is 0 Å². The third kappa shape index (κ3) is 3.76. The van der Waals surface area contributed by atoms with Gasteiger partial charge in [-0.15, -0.1) is 0 Å². The zero-order chi connectivity index (χ0) is 19.5. The van der Waals surface area contributed by atoms with E-state index in [9.17, 15) is 9.59 Å². The van der Waals surface area contributed by atoms with E-state index in [4.69, 9.17) is 18.3 Å². The fourth-order valence-corrected chi connectivity index (χ4v) is 2.99. The molecule has 6 heteroatoms. The summed E-state index contributed by atoms with van der Waals surface area (Å²) in [6, 6.07) is 17.1. The van der Waals surface area contributed by atoms with E-state index in [0.717, 1.165) is 10.8 Å². The molecule has 28 heavy (non-hydrogen) atoms. The SMILES string of the molecule is CC(CCOc1cc(=O)oc2ccccc12)Oc1cc(=O)oc2ccccc12. The highest BCUT2D eigenvalue weighted by Crippen LogP contribution is 2.26. The Balaban J connectivity index is 1.46. The Hall–Kier alpha value is -3.54. The van der Waals surface area contributed by atoms with Crippen LogP contribution in [0.4, 0.5) is 0 Å². The van der Waals surface area contributed by atoms with Gasteiger partial charge in [0.2, 0.25) is 0 Å². The van der Waals surface area contributed by atoms with Gasteiger partial charge in [-0.25, -0.2) is 9.59 Å². The van der Waals surface area contributed by atoms with Crippen LogP contribution in [0.1, 0.15) is 13.3 Å². The normalized spacial score (nSPS) is 12.2. The second-order valence-electron chi connectivity index (χ2n) is 6.42. The van der Waals surface area contributed by atoms with Crippen molar-refractivity contribution in [3.05, 3.63) is 81.5 Å². The van der Waals surface area contributed by atoms with E-state index in [1.54, 1.807) is 24.3 Å². The lowest BCUT2D eigenvalue weighted by molar-refractivity contribution is 0.178. The number of ether oxygens (including phenoxy) is 2. The summed E-state index contributed by atoms with van der Waals surface area (Å²) >= 11 is 0. The van der Waals surface area contributed by atoms with E-state index in [0.29, 0.717) is 35.7 Å². The van der Waals surface area contributed by atoms with Gasteiger partial charge < -0.3 is 18.3 Å². The maximum absolute atomic E-state index is 11.7. The predicted molar refractivity (Wildman–Crippen MR) is 105 cm³/mol. The molecule has 0 aliphatic carbocycles. The summed E-state index contributed by atoms with van der Waals surface area (Å²) in [6.45, 7) is 2.23. The fourth-order valence-electron chi connectivity index (χ4n) is 2.99. The molecule has 4 rings (SSSR count). The minimum atomic E-state index is -0.459. The van der Waals surface area contributed by atoms with Crippen molar-refractivity contribution in [3.63, 3.8) is 0 Å². The lowest BCUT2D eigenvalue weighted by atomic mass is 10.2. The van der Waals surface area contributed by atoms with Crippen molar-refractivity contribution in [2.24, 2.45) is 0 Å². The molecule has 0 spiro atoms. The van der Waals surface area contributed by atoms with Gasteiger partial charge in [0.15, 0.2) is 0 Å². The van der Waals surface area contributed by atoms with Gasteiger partial charge in [-0.3, -0.25) is 0 Å². The van der Waals surface area contributed by atoms with E-state index in [1.807, 2.05) is 31.2 Å². The molecule has 1 unspecified atom stereocenters. The molecular weight excluding hydrogens is 360 g/mol. The number of benzene rings is 2. The summed E-state index contributed by atoms with van der Waals surface area (Å²) in [5.74, 6) is 0.954. The Morgan fingerprint density at radius 1 is 0.821 bits per heavy atom. The van der Waals surface area contributed by atoms with Crippen LogP contribution >= 0.6 is 0 Å². The number of fused-ring (bicyclic) bond motifs is 2. The zero-order valence-corrected chi connectivity index (χ0v) is 15.2. The largest absolute Gasteiger partial charge is 0.492 e. The van der Waals surface area contributed by atoms with Crippen molar-refractivity contribution in [2.45, 2.75) is 19.4 Å². The van der Waals surface area contributed by atoms with E-state index in [2.05, 4.69) is 0 Å². The van der Waals surface area contributed by atoms with Crippen LogP contribution in [0.15, 0.2) is 79.1 Å². The first-order chi connectivity index (χ1) is 13.6. The third-order valence-corrected chi connectivity index (χ3v) is 4.33. The summed E-state index contributed by atoms with van der Waals surface area (Å²) in [4.78, 5) is 23.4. The van der Waals surface area contributed by atoms with Crippen molar-refractivity contribution in [3.8, 4) is 11.5 Å². The van der Waals surface area contributed by atoms with E-state index in [1.165, 1.54) is 12.1 Å². The molecule has 0 bridgehead atoms. The molecule has 0 radical (unpaired) electrons. The molecule has 2 aromatic carbocycles. The second kappa shape index (κ2) is 7.60. The van der Waals surface area contributed by atoms with Crippen molar-refractivity contribution in [2.75, 3.05) is 6.61 Å². The fraction of sp³-hybridized carbons (Fsp3) is 0.182. The number of hydrogen-bond acceptors (Lipinski definition) is 6. The lowest BCUT2D eigenvalue weighted by Gasteiger charge is -2.16. The minimum absolute atomic E-state index is 0.211. The molecule has 0 fully saturated rings. The van der Waals surface area contributed by atoms with Crippen LogP contribution in [0.5, 0.6) is 11.5 Å². The Morgan fingerprint density at radius 3 is 2.00 bits per heavy atom. The van der Waals surface area contributed by atoms with Crippen LogP contribution in [0, 0.1) is 0 Å². The van der Waals surface area contributed by atoms with Gasteiger partial charge in [0.05, 0.1) is 35.6 Å². The molecule has 6 nitrogen and oxygen atoms in total. The predicted octanol–water partition coefficient (Wildman–Crippen LogP) is 4.14. The number of para-hydroxylation sites is 2. The van der Waals surface area contributed by atoms with Crippen LogP contribution in [-0.4, -0.2) is 12.7 Å². The molecule has 0 saturated heterocycles. The minimum Gasteiger partial charge on any atom is -0.492 e. The molecule has 0 aliphatic rings. The smallest absolute Gasteiger partial charge is 0.339 e. The van der Waals surface area contributed by atoms with Gasteiger partial charge in [-0.2, -0.15) is 0 Å².